The van der Waals surface area contributed by atoms with Gasteiger partial charge >= 0.3 is 6.09 Å². The molecule has 0 aromatic heterocycles. The van der Waals surface area contributed by atoms with Crippen molar-refractivity contribution in [3.8, 4) is 0 Å². The highest BCUT2D eigenvalue weighted by molar-refractivity contribution is 5.94. The van der Waals surface area contributed by atoms with Crippen molar-refractivity contribution < 1.29 is 23.9 Å². The molecule has 33 heavy (non-hydrogen) atoms. The Morgan fingerprint density at radius 3 is 2.09 bits per heavy atom. The predicted octanol–water partition coefficient (Wildman–Crippen LogP) is 2.49. The third kappa shape index (κ3) is 9.11. The van der Waals surface area contributed by atoms with Crippen LogP contribution in [0, 0.1) is 13.8 Å². The first-order valence-corrected chi connectivity index (χ1v) is 10.8. The summed E-state index contributed by atoms with van der Waals surface area (Å²) in [6.07, 6.45) is -1.30. The number of ether oxygens (including phenoxy) is 1. The van der Waals surface area contributed by atoms with Gasteiger partial charge < -0.3 is 26.0 Å². The van der Waals surface area contributed by atoms with Crippen LogP contribution in [0.2, 0.25) is 0 Å². The molecule has 0 saturated carbocycles. The number of amides is 4. The highest BCUT2D eigenvalue weighted by atomic mass is 16.6. The van der Waals surface area contributed by atoms with Crippen LogP contribution in [0.1, 0.15) is 70.7 Å². The van der Waals surface area contributed by atoms with E-state index in [9.17, 15) is 19.2 Å². The first-order chi connectivity index (χ1) is 14.9. The van der Waals surface area contributed by atoms with Crippen molar-refractivity contribution in [3.63, 3.8) is 0 Å². The number of benzene rings is 1. The van der Waals surface area contributed by atoms with Gasteiger partial charge in [0, 0.05) is 12.6 Å². The number of carbonyl (C=O) groups is 4. The minimum Gasteiger partial charge on any atom is -0.444 e. The molecule has 4 amide bonds. The average molecular weight is 463 g/mol. The number of aryl methyl sites for hydroxylation is 2. The summed E-state index contributed by atoms with van der Waals surface area (Å²) in [5, 5.41) is 5.33. The molecule has 2 atom stereocenters. The van der Waals surface area contributed by atoms with Crippen LogP contribution in [0.4, 0.5) is 4.79 Å². The van der Waals surface area contributed by atoms with Crippen LogP contribution in [0.25, 0.3) is 0 Å². The first-order valence-electron chi connectivity index (χ1n) is 10.8. The molecule has 0 saturated heterocycles. The smallest absolute Gasteiger partial charge is 0.408 e. The van der Waals surface area contributed by atoms with E-state index in [1.807, 2.05) is 46.8 Å². The number of hydrogen-bond donors (Lipinski definition) is 3. The van der Waals surface area contributed by atoms with E-state index in [0.29, 0.717) is 5.56 Å². The van der Waals surface area contributed by atoms with Gasteiger partial charge in [-0.3, -0.25) is 14.4 Å². The number of rotatable bonds is 7. The summed E-state index contributed by atoms with van der Waals surface area (Å²) in [7, 11) is 1.46. The molecule has 0 fully saturated rings. The SMILES string of the molecule is Cc1ccc(C(C(=O)NC(C)(C)C)N(C)C(=O)C(CC(N)=O)NC(=O)OC(C)(C)C)c(C)c1. The van der Waals surface area contributed by atoms with Crippen LogP contribution < -0.4 is 16.4 Å². The van der Waals surface area contributed by atoms with Gasteiger partial charge in [0.2, 0.25) is 17.7 Å². The summed E-state index contributed by atoms with van der Waals surface area (Å²) in [5.41, 5.74) is 6.45. The number of alkyl carbamates (subject to hydrolysis) is 1. The molecule has 4 N–H and O–H groups in total. The zero-order valence-corrected chi connectivity index (χ0v) is 21.2. The summed E-state index contributed by atoms with van der Waals surface area (Å²) >= 11 is 0. The third-order valence-corrected chi connectivity index (χ3v) is 4.60. The number of nitrogens with one attached hydrogen (secondary N) is 2. The van der Waals surface area contributed by atoms with Crippen LogP contribution in [0.3, 0.4) is 0 Å². The van der Waals surface area contributed by atoms with Gasteiger partial charge in [-0.15, -0.1) is 0 Å². The Morgan fingerprint density at radius 2 is 1.64 bits per heavy atom. The topological polar surface area (TPSA) is 131 Å². The highest BCUT2D eigenvalue weighted by Gasteiger charge is 2.36. The molecule has 0 aliphatic heterocycles. The Bertz CT molecular complexity index is 899. The van der Waals surface area contributed by atoms with Gasteiger partial charge in [-0.2, -0.15) is 0 Å². The number of hydrogen-bond acceptors (Lipinski definition) is 5. The summed E-state index contributed by atoms with van der Waals surface area (Å²) in [4.78, 5) is 51.9. The van der Waals surface area contributed by atoms with Gasteiger partial charge in [0.05, 0.1) is 6.42 Å². The number of carbonyl (C=O) groups excluding carboxylic acids is 4. The molecule has 1 rings (SSSR count). The molecule has 1 aromatic rings. The second-order valence-corrected chi connectivity index (χ2v) is 10.3. The van der Waals surface area contributed by atoms with Crippen LogP contribution >= 0.6 is 0 Å². The largest absolute Gasteiger partial charge is 0.444 e. The molecule has 0 heterocycles. The van der Waals surface area contributed by atoms with Crippen LogP contribution in [-0.4, -0.2) is 52.9 Å². The standard InChI is InChI=1S/C24H38N4O5/c1-14-10-11-16(15(2)12-14)19(20(30)27-23(3,4)5)28(9)21(31)17(13-18(25)29)26-22(32)33-24(6,7)8/h10-12,17,19H,13H2,1-9H3,(H2,25,29)(H,26,32)(H,27,30). The normalized spacial score (nSPS) is 13.5. The number of likely N-dealkylation sites (N-methyl/N-ethyl adjacent to an activating group) is 1. The van der Waals surface area contributed by atoms with Crippen molar-refractivity contribution in [1.29, 1.82) is 0 Å². The molecule has 2 unspecified atom stereocenters. The summed E-state index contributed by atoms with van der Waals surface area (Å²) in [6.45, 7) is 14.3. The second kappa shape index (κ2) is 10.7. The van der Waals surface area contributed by atoms with E-state index in [0.717, 1.165) is 11.1 Å². The Labute approximate surface area is 196 Å². The third-order valence-electron chi connectivity index (χ3n) is 4.60. The highest BCUT2D eigenvalue weighted by Crippen LogP contribution is 2.26. The summed E-state index contributed by atoms with van der Waals surface area (Å²) in [6, 6.07) is 3.29. The lowest BCUT2D eigenvalue weighted by Crippen LogP contribution is -2.54. The quantitative estimate of drug-likeness (QED) is 0.573. The maximum atomic E-state index is 13.4. The van der Waals surface area contributed by atoms with Crippen LogP contribution in [0.15, 0.2) is 18.2 Å². The molecule has 0 spiro atoms. The monoisotopic (exact) mass is 462 g/mol. The van der Waals surface area contributed by atoms with Crippen molar-refractivity contribution in [3.05, 3.63) is 34.9 Å². The summed E-state index contributed by atoms with van der Waals surface area (Å²) < 4.78 is 5.22. The Morgan fingerprint density at radius 1 is 1.06 bits per heavy atom. The molecule has 9 heteroatoms. The van der Waals surface area contributed by atoms with Gasteiger partial charge in [0.1, 0.15) is 17.7 Å². The molecule has 184 valence electrons. The molecule has 0 aliphatic carbocycles. The van der Waals surface area contributed by atoms with E-state index in [-0.39, 0.29) is 5.91 Å². The minimum atomic E-state index is -1.29. The summed E-state index contributed by atoms with van der Waals surface area (Å²) in [5.74, 6) is -1.81. The molecule has 0 aliphatic rings. The molecule has 0 bridgehead atoms. The lowest BCUT2D eigenvalue weighted by atomic mass is 9.95. The van der Waals surface area contributed by atoms with Crippen LogP contribution in [-0.2, 0) is 19.1 Å². The van der Waals surface area contributed by atoms with E-state index in [1.165, 1.54) is 11.9 Å². The van der Waals surface area contributed by atoms with Crippen molar-refractivity contribution in [2.45, 2.75) is 85.0 Å². The van der Waals surface area contributed by atoms with Crippen molar-refractivity contribution >= 4 is 23.8 Å². The fourth-order valence-electron chi connectivity index (χ4n) is 3.32. The van der Waals surface area contributed by atoms with Gasteiger partial charge in [0.25, 0.3) is 0 Å². The lowest BCUT2D eigenvalue weighted by molar-refractivity contribution is -0.142. The minimum absolute atomic E-state index is 0.389. The Hall–Kier alpha value is -3.10. The van der Waals surface area contributed by atoms with Crippen molar-refractivity contribution in [1.82, 2.24) is 15.5 Å². The van der Waals surface area contributed by atoms with E-state index >= 15 is 0 Å². The fraction of sp³-hybridized carbons (Fsp3) is 0.583. The van der Waals surface area contributed by atoms with E-state index in [2.05, 4.69) is 10.6 Å². The predicted molar refractivity (Wildman–Crippen MR) is 126 cm³/mol. The van der Waals surface area contributed by atoms with Gasteiger partial charge in [0.15, 0.2) is 0 Å². The zero-order valence-electron chi connectivity index (χ0n) is 21.2. The van der Waals surface area contributed by atoms with Gasteiger partial charge in [-0.05, 0) is 66.5 Å². The van der Waals surface area contributed by atoms with Crippen molar-refractivity contribution in [2.75, 3.05) is 7.05 Å². The second-order valence-electron chi connectivity index (χ2n) is 10.3. The maximum Gasteiger partial charge on any atom is 0.408 e. The zero-order chi connectivity index (χ0) is 25.7. The van der Waals surface area contributed by atoms with E-state index < -0.39 is 47.6 Å². The molecule has 9 nitrogen and oxygen atoms in total. The number of primary amides is 1. The Kier molecular flexibility index (Phi) is 9.04. The van der Waals surface area contributed by atoms with Gasteiger partial charge in [-0.1, -0.05) is 23.8 Å². The maximum absolute atomic E-state index is 13.4. The first kappa shape index (κ1) is 27.9. The Balaban J connectivity index is 3.36. The molecular formula is C24H38N4O5. The molecule has 0 radical (unpaired) electrons. The molecular weight excluding hydrogens is 424 g/mol. The van der Waals surface area contributed by atoms with E-state index in [1.54, 1.807) is 26.8 Å². The van der Waals surface area contributed by atoms with Crippen molar-refractivity contribution in [2.24, 2.45) is 5.73 Å². The average Bonchev–Trinajstić information content (AvgIpc) is 2.58. The lowest BCUT2D eigenvalue weighted by Gasteiger charge is -2.34. The van der Waals surface area contributed by atoms with Crippen LogP contribution in [0.5, 0.6) is 0 Å². The molecule has 1 aromatic carbocycles. The number of nitrogens with two attached hydrogens (primary N) is 1. The fourth-order valence-corrected chi connectivity index (χ4v) is 3.32. The van der Waals surface area contributed by atoms with E-state index in [4.69, 9.17) is 10.5 Å². The van der Waals surface area contributed by atoms with Gasteiger partial charge in [-0.25, -0.2) is 4.79 Å². The number of nitrogens with zero attached hydrogens (tertiary/aromatic N) is 1.